The molecule has 11 heavy (non-hydrogen) atoms. The minimum Gasteiger partial charge on any atom is -0.382 e. The van der Waals surface area contributed by atoms with E-state index in [2.05, 4.69) is 0 Å². The predicted molar refractivity (Wildman–Crippen MR) is 43.3 cm³/mol. The van der Waals surface area contributed by atoms with Crippen LogP contribution < -0.4 is 0 Å². The maximum atomic E-state index is 11.4. The summed E-state index contributed by atoms with van der Waals surface area (Å²) in [6, 6.07) is 0. The van der Waals surface area contributed by atoms with E-state index in [-0.39, 0.29) is 11.7 Å². The van der Waals surface area contributed by atoms with Gasteiger partial charge in [0.15, 0.2) is 5.78 Å². The highest BCUT2D eigenvalue weighted by atomic mass is 16.3. The van der Waals surface area contributed by atoms with Gasteiger partial charge in [0, 0.05) is 5.92 Å². The molecule has 0 aliphatic heterocycles. The standard InChI is InChI=1S/C9H16O2/c1-7(2)8(10)9(11)5-3-4-6-9/h7,11H,3-6H2,1-2H3. The molecule has 64 valence electrons. The maximum absolute atomic E-state index is 11.4. The topological polar surface area (TPSA) is 37.3 Å². The predicted octanol–water partition coefficient (Wildman–Crippen LogP) is 1.52. The highest BCUT2D eigenvalue weighted by Gasteiger charge is 2.39. The molecule has 1 aliphatic rings. The van der Waals surface area contributed by atoms with E-state index in [0.717, 1.165) is 12.8 Å². The molecule has 1 N–H and O–H groups in total. The number of rotatable bonds is 2. The lowest BCUT2D eigenvalue weighted by Gasteiger charge is -2.22. The third kappa shape index (κ3) is 1.62. The van der Waals surface area contributed by atoms with Gasteiger partial charge in [0.05, 0.1) is 0 Å². The van der Waals surface area contributed by atoms with Crippen LogP contribution in [-0.4, -0.2) is 16.5 Å². The van der Waals surface area contributed by atoms with E-state index in [1.54, 1.807) is 0 Å². The fourth-order valence-electron chi connectivity index (χ4n) is 1.74. The Balaban J connectivity index is 2.64. The Morgan fingerprint density at radius 2 is 1.82 bits per heavy atom. The largest absolute Gasteiger partial charge is 0.382 e. The Morgan fingerprint density at radius 1 is 1.36 bits per heavy atom. The van der Waals surface area contributed by atoms with Crippen molar-refractivity contribution in [1.82, 2.24) is 0 Å². The molecule has 2 heteroatoms. The van der Waals surface area contributed by atoms with Crippen LogP contribution in [0.5, 0.6) is 0 Å². The Kier molecular flexibility index (Phi) is 2.33. The van der Waals surface area contributed by atoms with E-state index in [4.69, 9.17) is 0 Å². The van der Waals surface area contributed by atoms with Crippen LogP contribution in [0.25, 0.3) is 0 Å². The average molecular weight is 156 g/mol. The summed E-state index contributed by atoms with van der Waals surface area (Å²) in [7, 11) is 0. The van der Waals surface area contributed by atoms with Crippen molar-refractivity contribution >= 4 is 5.78 Å². The molecule has 1 saturated carbocycles. The Labute approximate surface area is 67.6 Å². The van der Waals surface area contributed by atoms with Crippen LogP contribution >= 0.6 is 0 Å². The summed E-state index contributed by atoms with van der Waals surface area (Å²) in [6.45, 7) is 3.69. The van der Waals surface area contributed by atoms with Crippen molar-refractivity contribution in [1.29, 1.82) is 0 Å². The maximum Gasteiger partial charge on any atom is 0.166 e. The Morgan fingerprint density at radius 3 is 2.18 bits per heavy atom. The van der Waals surface area contributed by atoms with Crippen LogP contribution in [0, 0.1) is 5.92 Å². The van der Waals surface area contributed by atoms with E-state index in [1.807, 2.05) is 13.8 Å². The number of hydrogen-bond acceptors (Lipinski definition) is 2. The Bertz CT molecular complexity index is 155. The first-order valence-corrected chi connectivity index (χ1v) is 4.33. The first-order valence-electron chi connectivity index (χ1n) is 4.33. The molecule has 1 fully saturated rings. The van der Waals surface area contributed by atoms with Gasteiger partial charge in [-0.2, -0.15) is 0 Å². The second kappa shape index (κ2) is 2.94. The fourth-order valence-corrected chi connectivity index (χ4v) is 1.74. The summed E-state index contributed by atoms with van der Waals surface area (Å²) in [5.74, 6) is -0.00639. The molecule has 2 nitrogen and oxygen atoms in total. The van der Waals surface area contributed by atoms with Crippen LogP contribution in [0.4, 0.5) is 0 Å². The average Bonchev–Trinajstić information content (AvgIpc) is 2.35. The summed E-state index contributed by atoms with van der Waals surface area (Å²) >= 11 is 0. The lowest BCUT2D eigenvalue weighted by atomic mass is 9.89. The van der Waals surface area contributed by atoms with Crippen molar-refractivity contribution in [2.24, 2.45) is 5.92 Å². The SMILES string of the molecule is CC(C)C(=O)C1(O)CCCC1. The van der Waals surface area contributed by atoms with E-state index in [0.29, 0.717) is 12.8 Å². The quantitative estimate of drug-likeness (QED) is 0.658. The van der Waals surface area contributed by atoms with Crippen LogP contribution in [-0.2, 0) is 4.79 Å². The highest BCUT2D eigenvalue weighted by Crippen LogP contribution is 2.32. The molecule has 0 aromatic carbocycles. The molecular formula is C9H16O2. The number of aliphatic hydroxyl groups is 1. The lowest BCUT2D eigenvalue weighted by molar-refractivity contribution is -0.140. The van der Waals surface area contributed by atoms with Crippen molar-refractivity contribution in [3.63, 3.8) is 0 Å². The number of hydrogen-bond donors (Lipinski definition) is 1. The van der Waals surface area contributed by atoms with Gasteiger partial charge in [0.2, 0.25) is 0 Å². The third-order valence-electron chi connectivity index (χ3n) is 2.41. The summed E-state index contributed by atoms with van der Waals surface area (Å²) in [6.07, 6.45) is 3.33. The number of carbonyl (C=O) groups excluding carboxylic acids is 1. The van der Waals surface area contributed by atoms with Crippen LogP contribution in [0.2, 0.25) is 0 Å². The van der Waals surface area contributed by atoms with E-state index in [1.165, 1.54) is 0 Å². The highest BCUT2D eigenvalue weighted by molar-refractivity contribution is 5.88. The van der Waals surface area contributed by atoms with Crippen molar-refractivity contribution in [2.45, 2.75) is 45.1 Å². The molecule has 0 aromatic heterocycles. The zero-order chi connectivity index (χ0) is 8.48. The summed E-state index contributed by atoms with van der Waals surface area (Å²) in [5.41, 5.74) is -0.964. The van der Waals surface area contributed by atoms with Gasteiger partial charge in [-0.3, -0.25) is 4.79 Å². The van der Waals surface area contributed by atoms with Crippen molar-refractivity contribution in [3.05, 3.63) is 0 Å². The molecule has 1 aliphatic carbocycles. The molecule has 0 bridgehead atoms. The van der Waals surface area contributed by atoms with Gasteiger partial charge in [-0.1, -0.05) is 13.8 Å². The number of Topliss-reactive ketones (excluding diaryl/α,β-unsaturated/α-hetero) is 1. The smallest absolute Gasteiger partial charge is 0.166 e. The van der Waals surface area contributed by atoms with Crippen molar-refractivity contribution < 1.29 is 9.90 Å². The second-order valence-electron chi connectivity index (χ2n) is 3.76. The van der Waals surface area contributed by atoms with Crippen LogP contribution in [0.1, 0.15) is 39.5 Å². The van der Waals surface area contributed by atoms with E-state index in [9.17, 15) is 9.90 Å². The normalized spacial score (nSPS) is 22.5. The molecule has 0 spiro atoms. The van der Waals surface area contributed by atoms with Gasteiger partial charge >= 0.3 is 0 Å². The van der Waals surface area contributed by atoms with Gasteiger partial charge in [0.25, 0.3) is 0 Å². The van der Waals surface area contributed by atoms with E-state index >= 15 is 0 Å². The summed E-state index contributed by atoms with van der Waals surface area (Å²) in [4.78, 5) is 11.4. The van der Waals surface area contributed by atoms with Gasteiger partial charge in [-0.15, -0.1) is 0 Å². The zero-order valence-corrected chi connectivity index (χ0v) is 7.26. The molecule has 0 heterocycles. The van der Waals surface area contributed by atoms with Crippen molar-refractivity contribution in [2.75, 3.05) is 0 Å². The van der Waals surface area contributed by atoms with Gasteiger partial charge in [0.1, 0.15) is 5.60 Å². The van der Waals surface area contributed by atoms with Gasteiger partial charge < -0.3 is 5.11 Å². The molecular weight excluding hydrogens is 140 g/mol. The molecule has 0 saturated heterocycles. The molecule has 1 rings (SSSR count). The molecule has 0 radical (unpaired) electrons. The minimum atomic E-state index is -0.964. The molecule has 0 aromatic rings. The van der Waals surface area contributed by atoms with E-state index < -0.39 is 5.60 Å². The number of carbonyl (C=O) groups is 1. The minimum absolute atomic E-state index is 0.0231. The van der Waals surface area contributed by atoms with Crippen LogP contribution in [0.3, 0.4) is 0 Å². The number of ketones is 1. The molecule has 0 unspecified atom stereocenters. The first-order chi connectivity index (χ1) is 5.06. The second-order valence-corrected chi connectivity index (χ2v) is 3.76. The third-order valence-corrected chi connectivity index (χ3v) is 2.41. The Hall–Kier alpha value is -0.370. The fraction of sp³-hybridized carbons (Fsp3) is 0.889. The van der Waals surface area contributed by atoms with Gasteiger partial charge in [-0.05, 0) is 25.7 Å². The lowest BCUT2D eigenvalue weighted by Crippen LogP contribution is -2.38. The van der Waals surface area contributed by atoms with Crippen LogP contribution in [0.15, 0.2) is 0 Å². The monoisotopic (exact) mass is 156 g/mol. The first kappa shape index (κ1) is 8.72. The van der Waals surface area contributed by atoms with Crippen molar-refractivity contribution in [3.8, 4) is 0 Å². The van der Waals surface area contributed by atoms with Gasteiger partial charge in [-0.25, -0.2) is 0 Å². The molecule has 0 atom stereocenters. The summed E-state index contributed by atoms with van der Waals surface area (Å²) in [5, 5.41) is 9.78. The molecule has 0 amide bonds. The zero-order valence-electron chi connectivity index (χ0n) is 7.26. The summed E-state index contributed by atoms with van der Waals surface area (Å²) < 4.78 is 0.